The van der Waals surface area contributed by atoms with Crippen LogP contribution in [0, 0.1) is 6.92 Å². The number of rotatable bonds is 6. The molecule has 132 valence electrons. The van der Waals surface area contributed by atoms with E-state index in [0.717, 1.165) is 25.2 Å². The smallest absolute Gasteiger partial charge is 0.188 e. The van der Waals surface area contributed by atoms with Crippen molar-refractivity contribution in [3.05, 3.63) is 65.5 Å². The van der Waals surface area contributed by atoms with Crippen molar-refractivity contribution in [3.63, 3.8) is 0 Å². The minimum absolute atomic E-state index is 0.152. The molecule has 2 aromatic rings. The summed E-state index contributed by atoms with van der Waals surface area (Å²) in [5.41, 5.74) is 10.0. The summed E-state index contributed by atoms with van der Waals surface area (Å²) in [6, 6.07) is 14.8. The van der Waals surface area contributed by atoms with Gasteiger partial charge in [-0.3, -0.25) is 9.98 Å². The van der Waals surface area contributed by atoms with Gasteiger partial charge >= 0.3 is 0 Å². The van der Waals surface area contributed by atoms with Crippen LogP contribution in [0.5, 0.6) is 0 Å². The Hall–Kier alpha value is -2.36. The van der Waals surface area contributed by atoms with Gasteiger partial charge in [0.15, 0.2) is 5.96 Å². The number of pyridine rings is 1. The maximum absolute atomic E-state index is 6.10. The third-order valence-electron chi connectivity index (χ3n) is 5.16. The van der Waals surface area contributed by atoms with Crippen molar-refractivity contribution in [3.8, 4) is 0 Å². The highest BCUT2D eigenvalue weighted by molar-refractivity contribution is 5.77. The fourth-order valence-corrected chi connectivity index (χ4v) is 3.72. The Labute approximate surface area is 150 Å². The van der Waals surface area contributed by atoms with Crippen LogP contribution in [0.1, 0.15) is 42.5 Å². The molecule has 0 unspecified atom stereocenters. The molecule has 0 atom stereocenters. The van der Waals surface area contributed by atoms with Crippen molar-refractivity contribution in [1.29, 1.82) is 0 Å². The fourth-order valence-electron chi connectivity index (χ4n) is 3.72. The number of nitrogens with two attached hydrogens (primary N) is 1. The van der Waals surface area contributed by atoms with Gasteiger partial charge in [-0.1, -0.05) is 48.7 Å². The van der Waals surface area contributed by atoms with Gasteiger partial charge in [0, 0.05) is 30.3 Å². The zero-order chi connectivity index (χ0) is 17.5. The summed E-state index contributed by atoms with van der Waals surface area (Å²) < 4.78 is 0. The molecular formula is C21H28N4. The molecule has 0 saturated heterocycles. The van der Waals surface area contributed by atoms with E-state index in [1.807, 2.05) is 24.4 Å². The first-order valence-corrected chi connectivity index (χ1v) is 9.19. The third kappa shape index (κ3) is 4.59. The van der Waals surface area contributed by atoms with E-state index < -0.39 is 0 Å². The van der Waals surface area contributed by atoms with Crippen LogP contribution in [-0.2, 0) is 11.8 Å². The Morgan fingerprint density at radius 1 is 1.20 bits per heavy atom. The number of hydrogen-bond acceptors (Lipinski definition) is 2. The lowest BCUT2D eigenvalue weighted by molar-refractivity contribution is 0.453. The van der Waals surface area contributed by atoms with Gasteiger partial charge in [-0.25, -0.2) is 0 Å². The quantitative estimate of drug-likeness (QED) is 0.628. The Kier molecular flexibility index (Phi) is 5.69. The Morgan fingerprint density at radius 2 is 2.04 bits per heavy atom. The molecule has 0 radical (unpaired) electrons. The lowest BCUT2D eigenvalue weighted by atomic mass is 9.78. The van der Waals surface area contributed by atoms with Crippen LogP contribution in [0.2, 0.25) is 0 Å². The summed E-state index contributed by atoms with van der Waals surface area (Å²) in [5, 5.41) is 3.22. The SMILES string of the molecule is Cc1cccc(C2(CN=C(N)NCCc3ccccn3)CCCC2)c1. The lowest BCUT2D eigenvalue weighted by Crippen LogP contribution is -2.35. The van der Waals surface area contributed by atoms with Gasteiger partial charge in [0.2, 0.25) is 0 Å². The van der Waals surface area contributed by atoms with E-state index in [9.17, 15) is 0 Å². The van der Waals surface area contributed by atoms with Gasteiger partial charge in [-0.05, 0) is 37.5 Å². The molecule has 1 aliphatic carbocycles. The highest BCUT2D eigenvalue weighted by Crippen LogP contribution is 2.41. The van der Waals surface area contributed by atoms with E-state index >= 15 is 0 Å². The topological polar surface area (TPSA) is 63.3 Å². The zero-order valence-corrected chi connectivity index (χ0v) is 15.0. The van der Waals surface area contributed by atoms with Crippen LogP contribution >= 0.6 is 0 Å². The predicted octanol–water partition coefficient (Wildman–Crippen LogP) is 3.35. The van der Waals surface area contributed by atoms with Gasteiger partial charge in [-0.15, -0.1) is 0 Å². The monoisotopic (exact) mass is 336 g/mol. The van der Waals surface area contributed by atoms with Crippen LogP contribution in [0.25, 0.3) is 0 Å². The van der Waals surface area contributed by atoms with Crippen LogP contribution in [0.4, 0.5) is 0 Å². The number of nitrogens with one attached hydrogen (secondary N) is 1. The highest BCUT2D eigenvalue weighted by atomic mass is 15.1. The number of nitrogens with zero attached hydrogens (tertiary/aromatic N) is 2. The first-order chi connectivity index (χ1) is 12.2. The molecule has 1 aromatic carbocycles. The molecule has 3 N–H and O–H groups in total. The normalized spacial score (nSPS) is 16.8. The second-order valence-electron chi connectivity index (χ2n) is 7.06. The maximum atomic E-state index is 6.10. The van der Waals surface area contributed by atoms with Crippen molar-refractivity contribution < 1.29 is 0 Å². The molecule has 0 aliphatic heterocycles. The van der Waals surface area contributed by atoms with Crippen molar-refractivity contribution in [2.75, 3.05) is 13.1 Å². The van der Waals surface area contributed by atoms with Crippen molar-refractivity contribution >= 4 is 5.96 Å². The van der Waals surface area contributed by atoms with E-state index in [1.54, 1.807) is 0 Å². The van der Waals surface area contributed by atoms with Gasteiger partial charge < -0.3 is 11.1 Å². The van der Waals surface area contributed by atoms with Gasteiger partial charge in [-0.2, -0.15) is 0 Å². The second-order valence-corrected chi connectivity index (χ2v) is 7.06. The molecule has 1 aromatic heterocycles. The third-order valence-corrected chi connectivity index (χ3v) is 5.16. The molecule has 4 heteroatoms. The molecular weight excluding hydrogens is 308 g/mol. The summed E-state index contributed by atoms with van der Waals surface area (Å²) in [7, 11) is 0. The Bertz CT molecular complexity index is 703. The molecule has 25 heavy (non-hydrogen) atoms. The first-order valence-electron chi connectivity index (χ1n) is 9.19. The number of hydrogen-bond donors (Lipinski definition) is 2. The molecule has 1 fully saturated rings. The molecule has 0 amide bonds. The van der Waals surface area contributed by atoms with Crippen LogP contribution in [-0.4, -0.2) is 24.0 Å². The van der Waals surface area contributed by atoms with Crippen molar-refractivity contribution in [1.82, 2.24) is 10.3 Å². The molecule has 1 saturated carbocycles. The minimum Gasteiger partial charge on any atom is -0.370 e. The van der Waals surface area contributed by atoms with E-state index in [2.05, 4.69) is 46.5 Å². The largest absolute Gasteiger partial charge is 0.370 e. The van der Waals surface area contributed by atoms with Gasteiger partial charge in [0.1, 0.15) is 0 Å². The summed E-state index contributed by atoms with van der Waals surface area (Å²) in [4.78, 5) is 9.00. The zero-order valence-electron chi connectivity index (χ0n) is 15.0. The number of benzene rings is 1. The Balaban J connectivity index is 1.59. The summed E-state index contributed by atoms with van der Waals surface area (Å²) in [5.74, 6) is 0.537. The number of guanidine groups is 1. The summed E-state index contributed by atoms with van der Waals surface area (Å²) >= 11 is 0. The number of aromatic nitrogens is 1. The average molecular weight is 336 g/mol. The van der Waals surface area contributed by atoms with Crippen molar-refractivity contribution in [2.45, 2.75) is 44.4 Å². The molecule has 3 rings (SSSR count). The minimum atomic E-state index is 0.152. The predicted molar refractivity (Wildman–Crippen MR) is 104 cm³/mol. The number of aliphatic imine (C=N–C) groups is 1. The molecule has 0 spiro atoms. The van der Waals surface area contributed by atoms with E-state index in [1.165, 1.54) is 36.8 Å². The second kappa shape index (κ2) is 8.15. The highest BCUT2D eigenvalue weighted by Gasteiger charge is 2.35. The molecule has 4 nitrogen and oxygen atoms in total. The van der Waals surface area contributed by atoms with Crippen LogP contribution < -0.4 is 11.1 Å². The summed E-state index contributed by atoms with van der Waals surface area (Å²) in [6.45, 7) is 3.67. The Morgan fingerprint density at radius 3 is 2.76 bits per heavy atom. The van der Waals surface area contributed by atoms with Crippen LogP contribution in [0.3, 0.4) is 0 Å². The average Bonchev–Trinajstić information content (AvgIpc) is 3.11. The fraction of sp³-hybridized carbons (Fsp3) is 0.429. The van der Waals surface area contributed by atoms with E-state index in [-0.39, 0.29) is 5.41 Å². The van der Waals surface area contributed by atoms with E-state index in [4.69, 9.17) is 5.73 Å². The van der Waals surface area contributed by atoms with Crippen LogP contribution in [0.15, 0.2) is 53.7 Å². The lowest BCUT2D eigenvalue weighted by Gasteiger charge is -2.28. The molecule has 1 aliphatic rings. The standard InChI is InChI=1S/C21H28N4/c1-17-7-6-8-18(15-17)21(11-3-4-12-21)16-25-20(22)24-14-10-19-9-2-5-13-23-19/h2,5-9,13,15H,3-4,10-12,14,16H2,1H3,(H3,22,24,25). The first kappa shape index (κ1) is 17.5. The summed E-state index contributed by atoms with van der Waals surface area (Å²) in [6.07, 6.45) is 7.61. The van der Waals surface area contributed by atoms with E-state index in [0.29, 0.717) is 5.96 Å². The molecule has 0 bridgehead atoms. The van der Waals surface area contributed by atoms with Gasteiger partial charge in [0.25, 0.3) is 0 Å². The maximum Gasteiger partial charge on any atom is 0.188 e. The van der Waals surface area contributed by atoms with Crippen molar-refractivity contribution in [2.24, 2.45) is 10.7 Å². The number of aryl methyl sites for hydroxylation is 1. The molecule has 1 heterocycles. The van der Waals surface area contributed by atoms with Gasteiger partial charge in [0.05, 0.1) is 6.54 Å².